The average Bonchev–Trinajstić information content (AvgIpc) is 3.18. The highest BCUT2D eigenvalue weighted by atomic mass is 35.5. The number of aromatic nitrogens is 1. The molecule has 4 rings (SSSR count). The van der Waals surface area contributed by atoms with E-state index in [9.17, 15) is 0 Å². The van der Waals surface area contributed by atoms with Crippen molar-refractivity contribution in [1.82, 2.24) is 15.6 Å². The van der Waals surface area contributed by atoms with E-state index in [2.05, 4.69) is 50.2 Å². The SMILES string of the molecule is Cl.Cl.c1nc(-c2ccc(N3CCC(NC4CCNCC4)CC3)cc2)cs1. The molecule has 2 N–H and O–H groups in total. The number of thiazole rings is 1. The molecule has 2 aliphatic rings. The van der Waals surface area contributed by atoms with Crippen LogP contribution in [0, 0.1) is 0 Å². The lowest BCUT2D eigenvalue weighted by molar-refractivity contribution is 0.316. The van der Waals surface area contributed by atoms with Crippen molar-refractivity contribution in [2.75, 3.05) is 31.1 Å². The number of benzene rings is 1. The van der Waals surface area contributed by atoms with Gasteiger partial charge in [0.1, 0.15) is 0 Å². The molecule has 26 heavy (non-hydrogen) atoms. The van der Waals surface area contributed by atoms with E-state index in [-0.39, 0.29) is 24.8 Å². The fourth-order valence-corrected chi connectivity index (χ4v) is 4.39. The van der Waals surface area contributed by atoms with Crippen LogP contribution in [0.4, 0.5) is 5.69 Å². The first kappa shape index (κ1) is 21.5. The van der Waals surface area contributed by atoms with Gasteiger partial charge in [-0.1, -0.05) is 12.1 Å². The maximum Gasteiger partial charge on any atom is 0.0811 e. The number of piperidine rings is 2. The molecule has 4 nitrogen and oxygen atoms in total. The van der Waals surface area contributed by atoms with Crippen LogP contribution in [0.15, 0.2) is 35.2 Å². The maximum absolute atomic E-state index is 4.39. The topological polar surface area (TPSA) is 40.2 Å². The number of anilines is 1. The van der Waals surface area contributed by atoms with Crippen LogP contribution in [0.5, 0.6) is 0 Å². The van der Waals surface area contributed by atoms with Gasteiger partial charge in [0.05, 0.1) is 11.2 Å². The lowest BCUT2D eigenvalue weighted by Crippen LogP contribution is -2.49. The van der Waals surface area contributed by atoms with Gasteiger partial charge in [-0.05, 0) is 50.9 Å². The van der Waals surface area contributed by atoms with Crippen LogP contribution in [0.3, 0.4) is 0 Å². The lowest BCUT2D eigenvalue weighted by atomic mass is 9.99. The van der Waals surface area contributed by atoms with Gasteiger partial charge in [0, 0.05) is 41.8 Å². The summed E-state index contributed by atoms with van der Waals surface area (Å²) in [6, 6.07) is 10.3. The van der Waals surface area contributed by atoms with Gasteiger partial charge in [-0.15, -0.1) is 36.2 Å². The van der Waals surface area contributed by atoms with Gasteiger partial charge < -0.3 is 15.5 Å². The molecule has 0 amide bonds. The molecule has 0 atom stereocenters. The summed E-state index contributed by atoms with van der Waals surface area (Å²) < 4.78 is 0. The lowest BCUT2D eigenvalue weighted by Gasteiger charge is -2.36. The quantitative estimate of drug-likeness (QED) is 0.793. The van der Waals surface area contributed by atoms with E-state index in [1.165, 1.54) is 50.0 Å². The molecule has 0 bridgehead atoms. The van der Waals surface area contributed by atoms with E-state index >= 15 is 0 Å². The smallest absolute Gasteiger partial charge is 0.0811 e. The van der Waals surface area contributed by atoms with Gasteiger partial charge in [0.15, 0.2) is 0 Å². The van der Waals surface area contributed by atoms with Gasteiger partial charge >= 0.3 is 0 Å². The van der Waals surface area contributed by atoms with Gasteiger partial charge in [-0.3, -0.25) is 0 Å². The largest absolute Gasteiger partial charge is 0.371 e. The van der Waals surface area contributed by atoms with Crippen LogP contribution >= 0.6 is 36.2 Å². The third-order valence-corrected chi connectivity index (χ3v) is 5.85. The van der Waals surface area contributed by atoms with Crippen LogP contribution in [0.25, 0.3) is 11.3 Å². The Morgan fingerprint density at radius 1 is 0.962 bits per heavy atom. The van der Waals surface area contributed by atoms with Gasteiger partial charge in [-0.25, -0.2) is 4.98 Å². The van der Waals surface area contributed by atoms with Gasteiger partial charge in [0.25, 0.3) is 0 Å². The van der Waals surface area contributed by atoms with Crippen LogP contribution in [-0.4, -0.2) is 43.2 Å². The third-order valence-electron chi connectivity index (χ3n) is 5.27. The molecule has 1 aromatic heterocycles. The predicted octanol–water partition coefficient (Wildman–Crippen LogP) is 3.96. The second kappa shape index (κ2) is 10.5. The van der Waals surface area contributed by atoms with Crippen molar-refractivity contribution in [2.24, 2.45) is 0 Å². The summed E-state index contributed by atoms with van der Waals surface area (Å²) in [7, 11) is 0. The van der Waals surface area contributed by atoms with Crippen molar-refractivity contribution in [3.63, 3.8) is 0 Å². The molecule has 0 radical (unpaired) electrons. The van der Waals surface area contributed by atoms with E-state index in [1.54, 1.807) is 11.3 Å². The summed E-state index contributed by atoms with van der Waals surface area (Å²) in [5.74, 6) is 0. The Hall–Kier alpha value is -0.850. The van der Waals surface area contributed by atoms with Gasteiger partial charge in [-0.2, -0.15) is 0 Å². The fraction of sp³-hybridized carbons (Fsp3) is 0.526. The zero-order valence-corrected chi connectivity index (χ0v) is 17.3. The molecule has 2 fully saturated rings. The molecule has 0 aliphatic carbocycles. The zero-order chi connectivity index (χ0) is 16.2. The van der Waals surface area contributed by atoms with E-state index in [0.717, 1.165) is 24.8 Å². The molecule has 7 heteroatoms. The number of hydrogen-bond acceptors (Lipinski definition) is 5. The summed E-state index contributed by atoms with van der Waals surface area (Å²) >= 11 is 1.65. The molecule has 0 unspecified atom stereocenters. The molecule has 2 aliphatic heterocycles. The predicted molar refractivity (Wildman–Crippen MR) is 116 cm³/mol. The maximum atomic E-state index is 4.39. The molecule has 3 heterocycles. The van der Waals surface area contributed by atoms with E-state index in [4.69, 9.17) is 0 Å². The van der Waals surface area contributed by atoms with Crippen molar-refractivity contribution in [3.8, 4) is 11.3 Å². The minimum atomic E-state index is 0. The monoisotopic (exact) mass is 414 g/mol. The molecule has 1 aromatic carbocycles. The number of hydrogen-bond donors (Lipinski definition) is 2. The third kappa shape index (κ3) is 5.33. The molecule has 2 saturated heterocycles. The van der Waals surface area contributed by atoms with Crippen LogP contribution in [0.1, 0.15) is 25.7 Å². The highest BCUT2D eigenvalue weighted by Crippen LogP contribution is 2.25. The summed E-state index contributed by atoms with van der Waals surface area (Å²) in [6.45, 7) is 4.64. The summed E-state index contributed by atoms with van der Waals surface area (Å²) in [5, 5.41) is 9.43. The molecule has 144 valence electrons. The van der Waals surface area contributed by atoms with E-state index < -0.39 is 0 Å². The Morgan fingerprint density at radius 3 is 2.23 bits per heavy atom. The van der Waals surface area contributed by atoms with Crippen molar-refractivity contribution >= 4 is 41.8 Å². The second-order valence-corrected chi connectivity index (χ2v) is 7.59. The van der Waals surface area contributed by atoms with E-state index in [1.807, 2.05) is 5.51 Å². The van der Waals surface area contributed by atoms with Crippen LogP contribution in [-0.2, 0) is 0 Å². The highest BCUT2D eigenvalue weighted by Gasteiger charge is 2.22. The average molecular weight is 415 g/mol. The summed E-state index contributed by atoms with van der Waals surface area (Å²) in [5.41, 5.74) is 5.52. The Labute approximate surface area is 172 Å². The minimum Gasteiger partial charge on any atom is -0.371 e. The Balaban J connectivity index is 0.00000121. The van der Waals surface area contributed by atoms with Crippen molar-refractivity contribution in [2.45, 2.75) is 37.8 Å². The zero-order valence-electron chi connectivity index (χ0n) is 14.9. The van der Waals surface area contributed by atoms with Crippen molar-refractivity contribution in [1.29, 1.82) is 0 Å². The first-order valence-corrected chi connectivity index (χ1v) is 10.0. The molecule has 2 aromatic rings. The Morgan fingerprint density at radius 2 is 1.62 bits per heavy atom. The Kier molecular flexibility index (Phi) is 8.64. The van der Waals surface area contributed by atoms with Crippen LogP contribution in [0.2, 0.25) is 0 Å². The number of halogens is 2. The summed E-state index contributed by atoms with van der Waals surface area (Å²) in [4.78, 5) is 6.91. The highest BCUT2D eigenvalue weighted by molar-refractivity contribution is 7.07. The fourth-order valence-electron chi connectivity index (χ4n) is 3.82. The first-order chi connectivity index (χ1) is 11.9. The van der Waals surface area contributed by atoms with Crippen molar-refractivity contribution < 1.29 is 0 Å². The Bertz CT molecular complexity index is 621. The van der Waals surface area contributed by atoms with E-state index in [0.29, 0.717) is 6.04 Å². The second-order valence-electron chi connectivity index (χ2n) is 6.87. The number of nitrogens with one attached hydrogen (secondary N) is 2. The number of nitrogens with zero attached hydrogens (tertiary/aromatic N) is 2. The molecular formula is C19H28Cl2N4S. The normalized spacial score (nSPS) is 18.8. The standard InChI is InChI=1S/C19H26N4S.2ClH/c1-3-18(4-2-15(1)19-13-24-14-21-19)23-11-7-17(8-12-23)22-16-5-9-20-10-6-16;;/h1-4,13-14,16-17,20,22H,5-12H2;2*1H. The molecule has 0 saturated carbocycles. The van der Waals surface area contributed by atoms with Crippen molar-refractivity contribution in [3.05, 3.63) is 35.2 Å². The first-order valence-electron chi connectivity index (χ1n) is 9.09. The minimum absolute atomic E-state index is 0. The van der Waals surface area contributed by atoms with Gasteiger partial charge in [0.2, 0.25) is 0 Å². The molecule has 0 spiro atoms. The summed E-state index contributed by atoms with van der Waals surface area (Å²) in [6.07, 6.45) is 5.05. The van der Waals surface area contributed by atoms with Crippen LogP contribution < -0.4 is 15.5 Å². The molecular weight excluding hydrogens is 387 g/mol. The number of rotatable bonds is 4.